The van der Waals surface area contributed by atoms with Gasteiger partial charge >= 0.3 is 0 Å². The van der Waals surface area contributed by atoms with Crippen LogP contribution in [0.15, 0.2) is 158 Å². The van der Waals surface area contributed by atoms with E-state index in [2.05, 4.69) is 167 Å². The van der Waals surface area contributed by atoms with Gasteiger partial charge in [0.05, 0.1) is 38.6 Å². The summed E-state index contributed by atoms with van der Waals surface area (Å²) in [5.74, 6) is 0.834. The van der Waals surface area contributed by atoms with Crippen LogP contribution in [0.2, 0.25) is 0 Å². The molecule has 8 aromatic carbocycles. The highest BCUT2D eigenvalue weighted by molar-refractivity contribution is 7.26. The molecule has 4 nitrogen and oxygen atoms in total. The minimum absolute atomic E-state index is 0.834. The van der Waals surface area contributed by atoms with Gasteiger partial charge in [-0.25, -0.2) is 9.97 Å². The van der Waals surface area contributed by atoms with Crippen LogP contribution in [0, 0.1) is 0 Å². The van der Waals surface area contributed by atoms with Gasteiger partial charge in [-0.1, -0.05) is 127 Å². The lowest BCUT2D eigenvalue weighted by Crippen LogP contribution is -2.04. The molecule has 0 aliphatic heterocycles. The molecule has 244 valence electrons. The molecule has 0 aliphatic rings. The highest BCUT2D eigenvalue weighted by atomic mass is 32.1. The summed E-state index contributed by atoms with van der Waals surface area (Å²) in [5.41, 5.74) is 9.66. The average molecular weight is 691 g/mol. The largest absolute Gasteiger partial charge is 0.308 e. The molecule has 0 amide bonds. The molecule has 0 saturated heterocycles. The van der Waals surface area contributed by atoms with Gasteiger partial charge in [-0.2, -0.15) is 0 Å². The number of rotatable bonds is 2. The molecule has 0 fully saturated rings. The SMILES string of the molecule is c1ccc(-c2nc3c(ccc4ccccc43)nc2-n2c3cccc4c5cccc6c7ccccc7n(c7cc8sc9ccccc9c8c2c7c43)c56)cc1. The Labute approximate surface area is 305 Å². The first-order chi connectivity index (χ1) is 26.3. The number of nitrogens with zero attached hydrogens (tertiary/aromatic N) is 4. The lowest BCUT2D eigenvalue weighted by atomic mass is 10.0. The van der Waals surface area contributed by atoms with Crippen LogP contribution < -0.4 is 0 Å². The van der Waals surface area contributed by atoms with Crippen LogP contribution in [0.1, 0.15) is 0 Å². The van der Waals surface area contributed by atoms with Crippen LogP contribution in [0.25, 0.3) is 119 Å². The molecule has 13 aromatic rings. The van der Waals surface area contributed by atoms with Gasteiger partial charge in [0.15, 0.2) is 5.82 Å². The van der Waals surface area contributed by atoms with Gasteiger partial charge in [0, 0.05) is 58.1 Å². The summed E-state index contributed by atoms with van der Waals surface area (Å²) in [6.45, 7) is 0. The first-order valence-corrected chi connectivity index (χ1v) is 18.8. The Morgan fingerprint density at radius 1 is 0.434 bits per heavy atom. The smallest absolute Gasteiger partial charge is 0.165 e. The third-order valence-corrected chi connectivity index (χ3v) is 12.5. The molecule has 53 heavy (non-hydrogen) atoms. The van der Waals surface area contributed by atoms with E-state index in [0.29, 0.717) is 0 Å². The zero-order chi connectivity index (χ0) is 34.4. The van der Waals surface area contributed by atoms with Crippen molar-refractivity contribution in [2.24, 2.45) is 0 Å². The van der Waals surface area contributed by atoms with Crippen LogP contribution >= 0.6 is 11.3 Å². The average Bonchev–Trinajstić information content (AvgIpc) is 3.85. The molecule has 0 spiro atoms. The summed E-state index contributed by atoms with van der Waals surface area (Å²) in [6.07, 6.45) is 0. The minimum Gasteiger partial charge on any atom is -0.308 e. The van der Waals surface area contributed by atoms with E-state index in [1.807, 2.05) is 11.3 Å². The van der Waals surface area contributed by atoms with E-state index in [1.54, 1.807) is 0 Å². The van der Waals surface area contributed by atoms with Gasteiger partial charge in [-0.05, 0) is 41.1 Å². The maximum absolute atomic E-state index is 5.64. The predicted octanol–water partition coefficient (Wildman–Crippen LogP) is 13.1. The number of aromatic nitrogens is 4. The summed E-state index contributed by atoms with van der Waals surface area (Å²) in [5, 5.41) is 12.3. The van der Waals surface area contributed by atoms with E-state index in [-0.39, 0.29) is 0 Å². The molecule has 0 saturated carbocycles. The van der Waals surface area contributed by atoms with Gasteiger partial charge in [0.1, 0.15) is 5.69 Å². The minimum atomic E-state index is 0.834. The van der Waals surface area contributed by atoms with Crippen molar-refractivity contribution in [3.63, 3.8) is 0 Å². The van der Waals surface area contributed by atoms with Crippen LogP contribution in [0.4, 0.5) is 0 Å². The van der Waals surface area contributed by atoms with E-state index in [1.165, 1.54) is 74.6 Å². The van der Waals surface area contributed by atoms with E-state index in [9.17, 15) is 0 Å². The summed E-state index contributed by atoms with van der Waals surface area (Å²) in [4.78, 5) is 11.2. The zero-order valence-electron chi connectivity index (χ0n) is 28.2. The molecule has 0 aliphatic carbocycles. The second kappa shape index (κ2) is 9.94. The molecule has 0 bridgehead atoms. The van der Waals surface area contributed by atoms with Gasteiger partial charge in [-0.3, -0.25) is 4.57 Å². The summed E-state index contributed by atoms with van der Waals surface area (Å²) in [7, 11) is 0. The lowest BCUT2D eigenvalue weighted by molar-refractivity contribution is 1.08. The number of thiophene rings is 1. The third-order valence-electron chi connectivity index (χ3n) is 11.4. The molecule has 0 N–H and O–H groups in total. The normalized spacial score (nSPS) is 12.5. The molecule has 0 atom stereocenters. The van der Waals surface area contributed by atoms with E-state index in [4.69, 9.17) is 9.97 Å². The monoisotopic (exact) mass is 690 g/mol. The van der Waals surface area contributed by atoms with Crippen molar-refractivity contribution in [1.82, 2.24) is 18.9 Å². The van der Waals surface area contributed by atoms with Gasteiger partial charge in [0.2, 0.25) is 0 Å². The summed E-state index contributed by atoms with van der Waals surface area (Å²) in [6, 6.07) is 57.1. The molecule has 13 rings (SSSR count). The Bertz CT molecular complexity index is 3680. The van der Waals surface area contributed by atoms with Crippen molar-refractivity contribution in [3.05, 3.63) is 158 Å². The Morgan fingerprint density at radius 2 is 1.13 bits per heavy atom. The molecule has 5 heteroatoms. The molecular weight excluding hydrogens is 665 g/mol. The maximum atomic E-state index is 5.64. The summed E-state index contributed by atoms with van der Waals surface area (Å²) < 4.78 is 7.51. The van der Waals surface area contributed by atoms with Crippen molar-refractivity contribution in [3.8, 4) is 17.1 Å². The van der Waals surface area contributed by atoms with E-state index < -0.39 is 0 Å². The van der Waals surface area contributed by atoms with Crippen molar-refractivity contribution < 1.29 is 0 Å². The van der Waals surface area contributed by atoms with Crippen molar-refractivity contribution in [2.75, 3.05) is 0 Å². The first kappa shape index (κ1) is 27.8. The van der Waals surface area contributed by atoms with E-state index >= 15 is 0 Å². The van der Waals surface area contributed by atoms with Crippen molar-refractivity contribution >= 4 is 113 Å². The molecule has 5 heterocycles. The molecule has 0 radical (unpaired) electrons. The highest BCUT2D eigenvalue weighted by Gasteiger charge is 2.27. The fraction of sp³-hybridized carbons (Fsp3) is 0. The van der Waals surface area contributed by atoms with Gasteiger partial charge < -0.3 is 4.40 Å². The Hall–Kier alpha value is -6.82. The highest BCUT2D eigenvalue weighted by Crippen LogP contribution is 2.49. The first-order valence-electron chi connectivity index (χ1n) is 18.0. The Kier molecular flexibility index (Phi) is 5.22. The number of hydrogen-bond acceptors (Lipinski definition) is 3. The fourth-order valence-electron chi connectivity index (χ4n) is 9.27. The second-order valence-electron chi connectivity index (χ2n) is 14.1. The maximum Gasteiger partial charge on any atom is 0.165 e. The van der Waals surface area contributed by atoms with Gasteiger partial charge in [0.25, 0.3) is 0 Å². The lowest BCUT2D eigenvalue weighted by Gasteiger charge is -2.15. The fourth-order valence-corrected chi connectivity index (χ4v) is 10.4. The van der Waals surface area contributed by atoms with Crippen LogP contribution in [0.5, 0.6) is 0 Å². The van der Waals surface area contributed by atoms with E-state index in [0.717, 1.165) is 44.4 Å². The topological polar surface area (TPSA) is 35.1 Å². The van der Waals surface area contributed by atoms with Crippen LogP contribution in [-0.4, -0.2) is 18.9 Å². The van der Waals surface area contributed by atoms with Crippen molar-refractivity contribution in [2.45, 2.75) is 0 Å². The summed E-state index contributed by atoms with van der Waals surface area (Å²) >= 11 is 1.87. The molecular formula is C48H26N4S. The van der Waals surface area contributed by atoms with Crippen LogP contribution in [0.3, 0.4) is 0 Å². The number of hydrogen-bond donors (Lipinski definition) is 0. The van der Waals surface area contributed by atoms with Crippen LogP contribution in [-0.2, 0) is 0 Å². The van der Waals surface area contributed by atoms with Gasteiger partial charge in [-0.15, -0.1) is 11.3 Å². The second-order valence-corrected chi connectivity index (χ2v) is 15.2. The number of fused-ring (bicyclic) bond motifs is 12. The predicted molar refractivity (Wildman–Crippen MR) is 224 cm³/mol. The standard InChI is InChI=1S/C48H26N4S/c1-2-13-28(14-3-1)44-48(49-35-25-24-27-12-4-5-15-29(27)45(35)50-44)52-37-22-11-18-31-33-20-10-19-32-30-16-6-8-21-36(30)51(46(32)33)38-26-40-42(47(52)43(38)41(31)37)34-17-7-9-23-39(34)53-40/h1-26H. The Morgan fingerprint density at radius 3 is 2.04 bits per heavy atom. The number of para-hydroxylation sites is 2. The Balaban J connectivity index is 1.35. The quantitative estimate of drug-likeness (QED) is 0.169. The van der Waals surface area contributed by atoms with Crippen molar-refractivity contribution in [1.29, 1.82) is 0 Å². The zero-order valence-corrected chi connectivity index (χ0v) is 29.0. The third kappa shape index (κ3) is 3.50. The molecule has 5 aromatic heterocycles. The number of benzene rings is 8. The molecule has 0 unspecified atom stereocenters.